The molecule has 3 aromatic carbocycles. The van der Waals surface area contributed by atoms with Crippen molar-refractivity contribution < 1.29 is 14.6 Å². The zero-order chi connectivity index (χ0) is 27.0. The molecule has 4 aromatic rings. The largest absolute Gasteiger partial charge is 0.492 e. The third kappa shape index (κ3) is 4.89. The van der Waals surface area contributed by atoms with E-state index < -0.39 is 11.5 Å². The first-order valence-corrected chi connectivity index (χ1v) is 14.9. The van der Waals surface area contributed by atoms with Crippen LogP contribution in [0.5, 0.6) is 5.75 Å². The molecule has 0 unspecified atom stereocenters. The fraction of sp³-hybridized carbons (Fsp3) is 0.375. The van der Waals surface area contributed by atoms with Gasteiger partial charge in [0.1, 0.15) is 11.3 Å². The Labute approximate surface area is 238 Å². The number of halogens is 1. The molecule has 39 heavy (non-hydrogen) atoms. The van der Waals surface area contributed by atoms with Gasteiger partial charge in [0.05, 0.1) is 22.3 Å². The molecule has 5 nitrogen and oxygen atoms in total. The Morgan fingerprint density at radius 2 is 1.92 bits per heavy atom. The molecule has 2 aliphatic carbocycles. The number of carboxylic acids is 1. The van der Waals surface area contributed by atoms with Gasteiger partial charge in [0.15, 0.2) is 0 Å². The van der Waals surface area contributed by atoms with Crippen LogP contribution in [0.1, 0.15) is 50.2 Å². The van der Waals surface area contributed by atoms with Crippen molar-refractivity contribution in [3.8, 4) is 5.75 Å². The number of fused-ring (bicyclic) bond motifs is 3. The van der Waals surface area contributed by atoms with Crippen LogP contribution in [0, 0.1) is 11.8 Å². The van der Waals surface area contributed by atoms with E-state index in [1.165, 1.54) is 11.1 Å². The van der Waals surface area contributed by atoms with Crippen molar-refractivity contribution in [2.24, 2.45) is 11.8 Å². The van der Waals surface area contributed by atoms with Gasteiger partial charge in [-0.2, -0.15) is 0 Å². The molecule has 0 bridgehead atoms. The van der Waals surface area contributed by atoms with Crippen molar-refractivity contribution in [3.63, 3.8) is 0 Å². The minimum absolute atomic E-state index is 0.0164. The summed E-state index contributed by atoms with van der Waals surface area (Å²) >= 11 is 7.81. The fourth-order valence-electron chi connectivity index (χ4n) is 6.97. The first-order chi connectivity index (χ1) is 18.9. The van der Waals surface area contributed by atoms with Gasteiger partial charge in [0, 0.05) is 10.7 Å². The van der Waals surface area contributed by atoms with E-state index in [-0.39, 0.29) is 5.41 Å². The first kappa shape index (κ1) is 26.1. The number of nitrogens with zero attached hydrogens (tertiary/aromatic N) is 1. The predicted octanol–water partition coefficient (Wildman–Crippen LogP) is 7.97. The minimum atomic E-state index is -1.000. The lowest BCUT2D eigenvalue weighted by atomic mass is 9.59. The zero-order valence-electron chi connectivity index (χ0n) is 22.0. The second kappa shape index (κ2) is 10.5. The number of carbonyl (C=O) groups is 1. The molecule has 1 saturated carbocycles. The Morgan fingerprint density at radius 1 is 1.13 bits per heavy atom. The third-order valence-corrected chi connectivity index (χ3v) is 10.0. The lowest BCUT2D eigenvalue weighted by Crippen LogP contribution is -2.53. The van der Waals surface area contributed by atoms with E-state index in [9.17, 15) is 9.90 Å². The summed E-state index contributed by atoms with van der Waals surface area (Å²) in [5.41, 5.74) is 5.41. The highest BCUT2D eigenvalue weighted by Gasteiger charge is 2.54. The highest BCUT2D eigenvalue weighted by atomic mass is 35.5. The number of ether oxygens (including phenoxy) is 1. The molecule has 2 aliphatic rings. The van der Waals surface area contributed by atoms with Crippen LogP contribution in [0.25, 0.3) is 10.2 Å². The number of hydrogen-bond donors (Lipinski definition) is 2. The summed E-state index contributed by atoms with van der Waals surface area (Å²) in [7, 11) is 0. The van der Waals surface area contributed by atoms with Crippen LogP contribution in [-0.4, -0.2) is 28.2 Å². The summed E-state index contributed by atoms with van der Waals surface area (Å²) in [5.74, 6) is 0.923. The Morgan fingerprint density at radius 3 is 2.72 bits per heavy atom. The van der Waals surface area contributed by atoms with E-state index in [1.54, 1.807) is 23.5 Å². The molecule has 7 heteroatoms. The standard InChI is InChI=1S/C32H33ClN2O3S/c1-21(19-38-28-11-5-10-27-29(28)39-20-34-27)16-23-17-22-6-2-3-9-26(22)31(23)12-14-32(15-13-31,30(36)37)35-25-8-4-7-24(33)18-25/h2-11,18,20-21,23,35H,12-17,19H2,1H3,(H,36,37)/t21-,23+,31?,32?/m1/s1. The van der Waals surface area contributed by atoms with Crippen LogP contribution in [0.3, 0.4) is 0 Å². The molecule has 0 aliphatic heterocycles. The van der Waals surface area contributed by atoms with E-state index in [0.717, 1.165) is 47.3 Å². The van der Waals surface area contributed by atoms with E-state index in [0.29, 0.717) is 36.3 Å². The number of aromatic nitrogens is 1. The van der Waals surface area contributed by atoms with Crippen molar-refractivity contribution in [1.29, 1.82) is 0 Å². The topological polar surface area (TPSA) is 71.5 Å². The third-order valence-electron chi connectivity index (χ3n) is 8.95. The summed E-state index contributed by atoms with van der Waals surface area (Å²) in [4.78, 5) is 17.1. The Balaban J connectivity index is 1.20. The number of benzene rings is 3. The molecule has 6 rings (SSSR count). The van der Waals surface area contributed by atoms with Gasteiger partial charge in [0.25, 0.3) is 0 Å². The molecule has 1 heterocycles. The smallest absolute Gasteiger partial charge is 0.329 e. The van der Waals surface area contributed by atoms with Gasteiger partial charge in [-0.25, -0.2) is 9.78 Å². The fourth-order valence-corrected chi connectivity index (χ4v) is 7.92. The summed E-state index contributed by atoms with van der Waals surface area (Å²) in [6.07, 6.45) is 4.88. The van der Waals surface area contributed by atoms with E-state index in [2.05, 4.69) is 41.5 Å². The molecular formula is C32H33ClN2O3S. The lowest BCUT2D eigenvalue weighted by molar-refractivity contribution is -0.144. The molecule has 2 atom stereocenters. The molecule has 0 amide bonds. The lowest BCUT2D eigenvalue weighted by Gasteiger charge is -2.47. The SMILES string of the molecule is C[C@@H](COc1cccc2ncsc12)C[C@H]1Cc2ccccc2C12CCC(Nc1cccc(Cl)c1)(C(=O)O)CC2. The van der Waals surface area contributed by atoms with Crippen molar-refractivity contribution in [3.05, 3.63) is 88.4 Å². The number of rotatable bonds is 8. The quantitative estimate of drug-likeness (QED) is 0.228. The summed E-state index contributed by atoms with van der Waals surface area (Å²) in [6.45, 7) is 2.92. The number of aliphatic carboxylic acids is 1. The van der Waals surface area contributed by atoms with Gasteiger partial charge in [-0.05, 0) is 97.2 Å². The maximum absolute atomic E-state index is 12.7. The van der Waals surface area contributed by atoms with Gasteiger partial charge < -0.3 is 15.2 Å². The molecular weight excluding hydrogens is 528 g/mol. The number of carboxylic acid groups (broad SMARTS) is 1. The van der Waals surface area contributed by atoms with Crippen molar-refractivity contribution in [2.45, 2.75) is 56.4 Å². The predicted molar refractivity (Wildman–Crippen MR) is 158 cm³/mol. The van der Waals surface area contributed by atoms with Gasteiger partial charge in [-0.3, -0.25) is 0 Å². The number of nitrogens with one attached hydrogen (secondary N) is 1. The average molecular weight is 561 g/mol. The molecule has 1 fully saturated rings. The maximum Gasteiger partial charge on any atom is 0.329 e. The Bertz CT molecular complexity index is 1490. The molecule has 202 valence electrons. The molecule has 0 saturated heterocycles. The van der Waals surface area contributed by atoms with Crippen LogP contribution in [-0.2, 0) is 16.6 Å². The van der Waals surface area contributed by atoms with Crippen LogP contribution < -0.4 is 10.1 Å². The average Bonchev–Trinajstić information content (AvgIpc) is 3.52. The van der Waals surface area contributed by atoms with Gasteiger partial charge in [0.2, 0.25) is 0 Å². The van der Waals surface area contributed by atoms with Crippen molar-refractivity contribution >= 4 is 44.8 Å². The normalized spacial score (nSPS) is 24.9. The van der Waals surface area contributed by atoms with Gasteiger partial charge in [-0.15, -0.1) is 11.3 Å². The molecule has 1 spiro atoms. The second-order valence-corrected chi connectivity index (χ2v) is 12.6. The van der Waals surface area contributed by atoms with E-state index in [4.69, 9.17) is 16.3 Å². The van der Waals surface area contributed by atoms with Crippen LogP contribution in [0.15, 0.2) is 72.2 Å². The van der Waals surface area contributed by atoms with Crippen molar-refractivity contribution in [1.82, 2.24) is 4.98 Å². The Hall–Kier alpha value is -3.09. The number of anilines is 1. The molecule has 1 aromatic heterocycles. The van der Waals surface area contributed by atoms with E-state index in [1.807, 2.05) is 35.8 Å². The minimum Gasteiger partial charge on any atom is -0.492 e. The van der Waals surface area contributed by atoms with E-state index >= 15 is 0 Å². The Kier molecular flexibility index (Phi) is 7.02. The van der Waals surface area contributed by atoms with Crippen LogP contribution >= 0.6 is 22.9 Å². The molecule has 0 radical (unpaired) electrons. The molecule has 2 N–H and O–H groups in total. The van der Waals surface area contributed by atoms with Crippen molar-refractivity contribution in [2.75, 3.05) is 11.9 Å². The highest BCUT2D eigenvalue weighted by Crippen LogP contribution is 2.56. The van der Waals surface area contributed by atoms with Crippen LogP contribution in [0.4, 0.5) is 5.69 Å². The maximum atomic E-state index is 12.7. The van der Waals surface area contributed by atoms with Crippen LogP contribution in [0.2, 0.25) is 5.02 Å². The number of thiazole rings is 1. The zero-order valence-corrected chi connectivity index (χ0v) is 23.6. The van der Waals surface area contributed by atoms with Gasteiger partial charge >= 0.3 is 5.97 Å². The summed E-state index contributed by atoms with van der Waals surface area (Å²) in [5, 5.41) is 14.3. The monoisotopic (exact) mass is 560 g/mol. The summed E-state index contributed by atoms with van der Waals surface area (Å²) in [6, 6.07) is 22.2. The first-order valence-electron chi connectivity index (χ1n) is 13.7. The second-order valence-electron chi connectivity index (χ2n) is 11.3. The highest BCUT2D eigenvalue weighted by molar-refractivity contribution is 7.17. The summed E-state index contributed by atoms with van der Waals surface area (Å²) < 4.78 is 7.41. The number of hydrogen-bond acceptors (Lipinski definition) is 5. The van der Waals surface area contributed by atoms with Gasteiger partial charge in [-0.1, -0.05) is 54.9 Å².